The molecule has 0 aliphatic carbocycles. The topological polar surface area (TPSA) is 32.3 Å². The maximum atomic E-state index is 8.91. The largest absolute Gasteiger partial charge is 0.376 e. The van der Waals surface area contributed by atoms with Gasteiger partial charge in [-0.05, 0) is 20.4 Å². The molecule has 7 heavy (non-hydrogen) atoms. The van der Waals surface area contributed by atoms with Crippen LogP contribution in [0.3, 0.4) is 0 Å². The monoisotopic (exact) mass is 103 g/mol. The molecule has 44 valence electrons. The summed E-state index contributed by atoms with van der Waals surface area (Å²) in [4.78, 5) is 0. The Morgan fingerprint density at radius 1 is 1.57 bits per heavy atom. The fourth-order valence-electron chi connectivity index (χ4n) is 0.433. The van der Waals surface area contributed by atoms with E-state index < -0.39 is 5.72 Å². The quantitative estimate of drug-likeness (QED) is 0.493. The number of hydrogen-bond donors (Lipinski definition) is 2. The molecule has 0 aromatic heterocycles. The molecule has 2 heteroatoms. The molecular formula is C5H13NO. The van der Waals surface area contributed by atoms with Crippen LogP contribution in [0.1, 0.15) is 20.8 Å². The fourth-order valence-corrected chi connectivity index (χ4v) is 0.433. The van der Waals surface area contributed by atoms with Crippen molar-refractivity contribution in [3.8, 4) is 0 Å². The molecule has 2 nitrogen and oxygen atoms in total. The lowest BCUT2D eigenvalue weighted by atomic mass is 10.3. The number of aliphatic hydroxyl groups is 1. The first-order chi connectivity index (χ1) is 3.06. The van der Waals surface area contributed by atoms with E-state index in [1.807, 2.05) is 6.92 Å². The average molecular weight is 103 g/mol. The fraction of sp³-hybridized carbons (Fsp3) is 1.00. The van der Waals surface area contributed by atoms with Crippen LogP contribution >= 0.6 is 0 Å². The van der Waals surface area contributed by atoms with E-state index in [4.69, 9.17) is 5.11 Å². The third-order valence-corrected chi connectivity index (χ3v) is 0.609. The maximum absolute atomic E-state index is 8.91. The lowest BCUT2D eigenvalue weighted by Crippen LogP contribution is -2.38. The minimum Gasteiger partial charge on any atom is -0.376 e. The van der Waals surface area contributed by atoms with Crippen LogP contribution in [-0.2, 0) is 0 Å². The molecule has 0 aliphatic heterocycles. The summed E-state index contributed by atoms with van der Waals surface area (Å²) in [6.07, 6.45) is 0. The Morgan fingerprint density at radius 3 is 2.00 bits per heavy atom. The van der Waals surface area contributed by atoms with Crippen molar-refractivity contribution in [2.75, 3.05) is 6.54 Å². The van der Waals surface area contributed by atoms with Gasteiger partial charge in [-0.1, -0.05) is 6.92 Å². The second-order valence-electron chi connectivity index (χ2n) is 2.09. The average Bonchev–Trinajstić information content (AvgIpc) is 1.30. The van der Waals surface area contributed by atoms with Gasteiger partial charge < -0.3 is 5.11 Å². The first kappa shape index (κ1) is 6.92. The Bertz CT molecular complexity index is 46.5. The molecule has 0 unspecified atom stereocenters. The summed E-state index contributed by atoms with van der Waals surface area (Å²) in [6, 6.07) is 0. The molecule has 2 N–H and O–H groups in total. The van der Waals surface area contributed by atoms with E-state index in [2.05, 4.69) is 5.32 Å². The number of nitrogens with one attached hydrogen (secondary N) is 1. The Balaban J connectivity index is 3.15. The SMILES string of the molecule is CCNC(C)(C)O. The summed E-state index contributed by atoms with van der Waals surface area (Å²) in [5.41, 5.74) is -0.700. The van der Waals surface area contributed by atoms with E-state index in [0.717, 1.165) is 6.54 Å². The first-order valence-electron chi connectivity index (χ1n) is 2.53. The molecular weight excluding hydrogens is 90.1 g/mol. The Kier molecular flexibility index (Phi) is 2.26. The molecule has 0 saturated heterocycles. The van der Waals surface area contributed by atoms with Gasteiger partial charge in [0.1, 0.15) is 5.72 Å². The summed E-state index contributed by atoms with van der Waals surface area (Å²) < 4.78 is 0. The van der Waals surface area contributed by atoms with Crippen molar-refractivity contribution in [3.05, 3.63) is 0 Å². The second-order valence-corrected chi connectivity index (χ2v) is 2.09. The molecule has 0 rings (SSSR count). The third-order valence-electron chi connectivity index (χ3n) is 0.609. The molecule has 0 spiro atoms. The van der Waals surface area contributed by atoms with Crippen LogP contribution in [0.5, 0.6) is 0 Å². The minimum atomic E-state index is -0.700. The van der Waals surface area contributed by atoms with Crippen LogP contribution in [0.2, 0.25) is 0 Å². The van der Waals surface area contributed by atoms with E-state index >= 15 is 0 Å². The van der Waals surface area contributed by atoms with Crippen molar-refractivity contribution in [2.24, 2.45) is 0 Å². The van der Waals surface area contributed by atoms with Gasteiger partial charge >= 0.3 is 0 Å². The summed E-state index contributed by atoms with van der Waals surface area (Å²) in [7, 11) is 0. The predicted octanol–water partition coefficient (Wildman–Crippen LogP) is 0.324. The summed E-state index contributed by atoms with van der Waals surface area (Å²) in [6.45, 7) is 6.20. The highest BCUT2D eigenvalue weighted by atomic mass is 16.3. The smallest absolute Gasteiger partial charge is 0.110 e. The van der Waals surface area contributed by atoms with E-state index in [0.29, 0.717) is 0 Å². The van der Waals surface area contributed by atoms with Crippen molar-refractivity contribution >= 4 is 0 Å². The molecule has 0 radical (unpaired) electrons. The van der Waals surface area contributed by atoms with Gasteiger partial charge in [0.25, 0.3) is 0 Å². The van der Waals surface area contributed by atoms with Crippen molar-refractivity contribution in [3.63, 3.8) is 0 Å². The molecule has 0 bridgehead atoms. The Morgan fingerprint density at radius 2 is 2.00 bits per heavy atom. The van der Waals surface area contributed by atoms with Crippen LogP contribution in [0.15, 0.2) is 0 Å². The highest BCUT2D eigenvalue weighted by molar-refractivity contribution is 4.57. The van der Waals surface area contributed by atoms with E-state index in [9.17, 15) is 0 Å². The van der Waals surface area contributed by atoms with Crippen molar-refractivity contribution in [1.82, 2.24) is 5.32 Å². The van der Waals surface area contributed by atoms with Gasteiger partial charge in [0.15, 0.2) is 0 Å². The zero-order valence-corrected chi connectivity index (χ0v) is 5.15. The molecule has 0 aromatic carbocycles. The molecule has 0 heterocycles. The van der Waals surface area contributed by atoms with Crippen LogP contribution in [-0.4, -0.2) is 17.4 Å². The first-order valence-corrected chi connectivity index (χ1v) is 2.53. The summed E-state index contributed by atoms with van der Waals surface area (Å²) >= 11 is 0. The molecule has 0 fully saturated rings. The lowest BCUT2D eigenvalue weighted by molar-refractivity contribution is 0.0457. The Labute approximate surface area is 44.5 Å². The van der Waals surface area contributed by atoms with Gasteiger partial charge in [-0.2, -0.15) is 0 Å². The van der Waals surface area contributed by atoms with Crippen LogP contribution < -0.4 is 5.32 Å². The van der Waals surface area contributed by atoms with Gasteiger partial charge in [0.2, 0.25) is 0 Å². The zero-order valence-electron chi connectivity index (χ0n) is 5.15. The zero-order chi connectivity index (χ0) is 5.91. The highest BCUT2D eigenvalue weighted by Crippen LogP contribution is 1.90. The lowest BCUT2D eigenvalue weighted by Gasteiger charge is -2.16. The standard InChI is InChI=1S/C5H13NO/c1-4-6-5(2,3)7/h6-7H,4H2,1-3H3. The van der Waals surface area contributed by atoms with Gasteiger partial charge in [-0.3, -0.25) is 5.32 Å². The number of hydrogen-bond acceptors (Lipinski definition) is 2. The van der Waals surface area contributed by atoms with E-state index in [1.54, 1.807) is 13.8 Å². The van der Waals surface area contributed by atoms with Crippen LogP contribution in [0, 0.1) is 0 Å². The molecule has 0 amide bonds. The van der Waals surface area contributed by atoms with E-state index in [1.165, 1.54) is 0 Å². The maximum Gasteiger partial charge on any atom is 0.110 e. The summed E-state index contributed by atoms with van der Waals surface area (Å²) in [5, 5.41) is 11.7. The van der Waals surface area contributed by atoms with E-state index in [-0.39, 0.29) is 0 Å². The summed E-state index contributed by atoms with van der Waals surface area (Å²) in [5.74, 6) is 0. The predicted molar refractivity (Wildman–Crippen MR) is 30.0 cm³/mol. The van der Waals surface area contributed by atoms with Crippen molar-refractivity contribution in [2.45, 2.75) is 26.5 Å². The van der Waals surface area contributed by atoms with Crippen LogP contribution in [0.4, 0.5) is 0 Å². The highest BCUT2D eigenvalue weighted by Gasteiger charge is 2.06. The van der Waals surface area contributed by atoms with Crippen LogP contribution in [0.25, 0.3) is 0 Å². The molecule has 0 aliphatic rings. The van der Waals surface area contributed by atoms with Gasteiger partial charge in [-0.25, -0.2) is 0 Å². The number of rotatable bonds is 2. The van der Waals surface area contributed by atoms with Gasteiger partial charge in [0.05, 0.1) is 0 Å². The van der Waals surface area contributed by atoms with Crippen molar-refractivity contribution < 1.29 is 5.11 Å². The normalized spacial score (nSPS) is 12.0. The molecule has 0 atom stereocenters. The Hall–Kier alpha value is -0.0800. The minimum absolute atomic E-state index is 0.700. The van der Waals surface area contributed by atoms with Gasteiger partial charge in [-0.15, -0.1) is 0 Å². The molecule has 0 saturated carbocycles. The van der Waals surface area contributed by atoms with Gasteiger partial charge in [0, 0.05) is 0 Å². The molecule has 0 aromatic rings. The third kappa shape index (κ3) is 5.92. The second kappa shape index (κ2) is 2.28. The van der Waals surface area contributed by atoms with Crippen molar-refractivity contribution in [1.29, 1.82) is 0 Å².